The number of allylic oxidation sites excluding steroid dienone is 1. The van der Waals surface area contributed by atoms with Crippen molar-refractivity contribution < 1.29 is 9.84 Å². The summed E-state index contributed by atoms with van der Waals surface area (Å²) in [5.74, 6) is 1.10. The molecule has 1 aliphatic rings. The van der Waals surface area contributed by atoms with Gasteiger partial charge >= 0.3 is 0 Å². The summed E-state index contributed by atoms with van der Waals surface area (Å²) < 4.78 is 5.15. The van der Waals surface area contributed by atoms with Gasteiger partial charge in [-0.2, -0.15) is 0 Å². The Hall–Kier alpha value is -0.540. The van der Waals surface area contributed by atoms with Crippen molar-refractivity contribution >= 4 is 23.2 Å². The smallest absolute Gasteiger partial charge is 0.170 e. The van der Waals surface area contributed by atoms with Gasteiger partial charge in [-0.15, -0.1) is 6.58 Å². The summed E-state index contributed by atoms with van der Waals surface area (Å²) in [6.45, 7) is 19.2. The second-order valence-electron chi connectivity index (χ2n) is 9.08. The van der Waals surface area contributed by atoms with Crippen LogP contribution >= 0.6 is 23.2 Å². The molecule has 0 aromatic heterocycles. The molecule has 1 saturated carbocycles. The molecule has 1 aromatic rings. The van der Waals surface area contributed by atoms with Gasteiger partial charge in [-0.3, -0.25) is 0 Å². The SMILES string of the molecule is C=CC[C@H]1[C@@H](O[C@H](C)c2c(C(C)C)cc(C(C)C)cc2C(C)C)C(Cl)(Cl)[C@H]1O. The van der Waals surface area contributed by atoms with E-state index < -0.39 is 16.5 Å². The van der Waals surface area contributed by atoms with E-state index in [1.165, 1.54) is 22.3 Å². The van der Waals surface area contributed by atoms with Crippen molar-refractivity contribution in [3.63, 3.8) is 0 Å². The summed E-state index contributed by atoms with van der Waals surface area (Å²) in [5, 5.41) is 10.3. The third kappa shape index (κ3) is 4.46. The van der Waals surface area contributed by atoms with E-state index in [4.69, 9.17) is 27.9 Å². The lowest BCUT2D eigenvalue weighted by Gasteiger charge is -2.52. The summed E-state index contributed by atoms with van der Waals surface area (Å²) in [6.07, 6.45) is 1.01. The minimum Gasteiger partial charge on any atom is -0.389 e. The second-order valence-corrected chi connectivity index (χ2v) is 10.5. The number of halogens is 2. The number of ether oxygens (including phenoxy) is 1. The number of hydrogen-bond acceptors (Lipinski definition) is 2. The highest BCUT2D eigenvalue weighted by Gasteiger charge is 2.61. The van der Waals surface area contributed by atoms with Crippen LogP contribution in [0.1, 0.15) is 101 Å². The third-order valence-electron chi connectivity index (χ3n) is 5.94. The van der Waals surface area contributed by atoms with E-state index in [1.807, 2.05) is 0 Å². The summed E-state index contributed by atoms with van der Waals surface area (Å²) in [7, 11) is 0. The Kier molecular flexibility index (Phi) is 7.70. The van der Waals surface area contributed by atoms with E-state index in [9.17, 15) is 5.11 Å². The maximum absolute atomic E-state index is 10.3. The number of aliphatic hydroxyl groups is 1. The van der Waals surface area contributed by atoms with Gasteiger partial charge in [-0.05, 0) is 53.4 Å². The Morgan fingerprint density at radius 1 is 1.04 bits per heavy atom. The van der Waals surface area contributed by atoms with Crippen molar-refractivity contribution in [2.45, 2.75) is 95.3 Å². The lowest BCUT2D eigenvalue weighted by molar-refractivity contribution is -0.156. The molecule has 2 rings (SSSR count). The van der Waals surface area contributed by atoms with Gasteiger partial charge in [0.05, 0.1) is 18.3 Å². The monoisotopic (exact) mass is 426 g/mol. The number of rotatable bonds is 8. The van der Waals surface area contributed by atoms with Gasteiger partial charge in [0.1, 0.15) is 0 Å². The molecule has 0 radical (unpaired) electrons. The first-order valence-electron chi connectivity index (χ1n) is 10.4. The molecule has 0 saturated heterocycles. The zero-order valence-corrected chi connectivity index (χ0v) is 19.8. The maximum atomic E-state index is 10.3. The summed E-state index contributed by atoms with van der Waals surface area (Å²) in [5.41, 5.74) is 5.22. The topological polar surface area (TPSA) is 29.5 Å². The molecule has 0 spiro atoms. The molecular weight excluding hydrogens is 391 g/mol. The van der Waals surface area contributed by atoms with E-state index in [0.717, 1.165) is 0 Å². The van der Waals surface area contributed by atoms with E-state index in [1.54, 1.807) is 6.08 Å². The van der Waals surface area contributed by atoms with Gasteiger partial charge in [0.15, 0.2) is 4.33 Å². The number of alkyl halides is 2. The predicted octanol–water partition coefficient (Wildman–Crippen LogP) is 7.24. The van der Waals surface area contributed by atoms with Gasteiger partial charge < -0.3 is 9.84 Å². The van der Waals surface area contributed by atoms with E-state index in [0.29, 0.717) is 24.2 Å². The van der Waals surface area contributed by atoms with Crippen molar-refractivity contribution in [1.29, 1.82) is 0 Å². The molecule has 4 atom stereocenters. The lowest BCUT2D eigenvalue weighted by atomic mass is 9.75. The van der Waals surface area contributed by atoms with Gasteiger partial charge in [0.25, 0.3) is 0 Å². The zero-order chi connectivity index (χ0) is 21.4. The Balaban J connectivity index is 2.46. The van der Waals surface area contributed by atoms with Crippen LogP contribution in [-0.4, -0.2) is 21.6 Å². The third-order valence-corrected chi connectivity index (χ3v) is 6.82. The largest absolute Gasteiger partial charge is 0.389 e. The Morgan fingerprint density at radius 2 is 1.54 bits per heavy atom. The van der Waals surface area contributed by atoms with Crippen molar-refractivity contribution in [2.75, 3.05) is 0 Å². The standard InChI is InChI=1S/C24H36Cl2O2/c1-9-10-18-22(27)24(25,26)23(18)28-16(8)21-19(14(4)5)11-17(13(2)3)12-20(21)15(6)7/h9,11-16,18,22-23,27H,1,10H2,2-8H3/t16-,18-,22+,23-/m1/s1. The molecule has 0 heterocycles. The average molecular weight is 427 g/mol. The van der Waals surface area contributed by atoms with Crippen LogP contribution in [0, 0.1) is 5.92 Å². The second kappa shape index (κ2) is 9.08. The predicted molar refractivity (Wildman–Crippen MR) is 121 cm³/mol. The highest BCUT2D eigenvalue weighted by Crippen LogP contribution is 2.52. The fourth-order valence-corrected chi connectivity index (χ4v) is 4.94. The van der Waals surface area contributed by atoms with E-state index in [2.05, 4.69) is 67.2 Å². The first-order chi connectivity index (χ1) is 12.9. The molecule has 1 aromatic carbocycles. The minimum absolute atomic E-state index is 0.130. The molecule has 0 amide bonds. The highest BCUT2D eigenvalue weighted by molar-refractivity contribution is 6.50. The molecule has 2 nitrogen and oxygen atoms in total. The number of benzene rings is 1. The summed E-state index contributed by atoms with van der Waals surface area (Å²) >= 11 is 12.8. The number of aliphatic hydroxyl groups excluding tert-OH is 1. The molecule has 1 aliphatic carbocycles. The fourth-order valence-electron chi connectivity index (χ4n) is 4.19. The molecule has 4 heteroatoms. The summed E-state index contributed by atoms with van der Waals surface area (Å²) in [4.78, 5) is 0. The molecular formula is C24H36Cl2O2. The van der Waals surface area contributed by atoms with Crippen LogP contribution in [0.15, 0.2) is 24.8 Å². The van der Waals surface area contributed by atoms with Gasteiger partial charge in [0.2, 0.25) is 0 Å². The Labute approximate surface area is 181 Å². The number of hydrogen-bond donors (Lipinski definition) is 1. The molecule has 28 heavy (non-hydrogen) atoms. The van der Waals surface area contributed by atoms with E-state index >= 15 is 0 Å². The van der Waals surface area contributed by atoms with Crippen LogP contribution in [-0.2, 0) is 4.74 Å². The first kappa shape index (κ1) is 23.7. The molecule has 1 fully saturated rings. The van der Waals surface area contributed by atoms with Crippen LogP contribution in [0.25, 0.3) is 0 Å². The van der Waals surface area contributed by atoms with Crippen LogP contribution in [0.4, 0.5) is 0 Å². The first-order valence-corrected chi connectivity index (χ1v) is 11.2. The van der Waals surface area contributed by atoms with Gasteiger partial charge in [-0.25, -0.2) is 0 Å². The Morgan fingerprint density at radius 3 is 1.93 bits per heavy atom. The summed E-state index contributed by atoms with van der Waals surface area (Å²) in [6, 6.07) is 4.64. The van der Waals surface area contributed by atoms with Crippen LogP contribution < -0.4 is 0 Å². The molecule has 158 valence electrons. The van der Waals surface area contributed by atoms with E-state index in [-0.39, 0.29) is 12.0 Å². The van der Waals surface area contributed by atoms with Crippen LogP contribution in [0.2, 0.25) is 0 Å². The molecule has 0 aliphatic heterocycles. The van der Waals surface area contributed by atoms with Crippen molar-refractivity contribution in [1.82, 2.24) is 0 Å². The van der Waals surface area contributed by atoms with Crippen molar-refractivity contribution in [2.24, 2.45) is 5.92 Å². The van der Waals surface area contributed by atoms with Crippen LogP contribution in [0.5, 0.6) is 0 Å². The van der Waals surface area contributed by atoms with Gasteiger partial charge in [-0.1, -0.05) is 83.0 Å². The lowest BCUT2D eigenvalue weighted by Crippen LogP contribution is -2.64. The average Bonchev–Trinajstić information content (AvgIpc) is 2.62. The Bertz CT molecular complexity index is 665. The molecule has 0 bridgehead atoms. The van der Waals surface area contributed by atoms with Gasteiger partial charge in [0, 0.05) is 5.92 Å². The normalized spacial score (nSPS) is 25.2. The highest BCUT2D eigenvalue weighted by atomic mass is 35.5. The van der Waals surface area contributed by atoms with Crippen molar-refractivity contribution in [3.8, 4) is 0 Å². The van der Waals surface area contributed by atoms with Crippen molar-refractivity contribution in [3.05, 3.63) is 47.0 Å². The maximum Gasteiger partial charge on any atom is 0.170 e. The minimum atomic E-state index is -1.28. The fraction of sp³-hybridized carbons (Fsp3) is 0.667. The molecule has 1 N–H and O–H groups in total. The quantitative estimate of drug-likeness (QED) is 0.350. The molecule has 0 unspecified atom stereocenters. The van der Waals surface area contributed by atoms with Crippen LogP contribution in [0.3, 0.4) is 0 Å². The zero-order valence-electron chi connectivity index (χ0n) is 18.3.